The Balaban J connectivity index is 2.70. The Bertz CT molecular complexity index is 269. The highest BCUT2D eigenvalue weighted by Crippen LogP contribution is 1.89. The highest BCUT2D eigenvalue weighted by atomic mass is 35.5. The van der Waals surface area contributed by atoms with Crippen LogP contribution in [0.1, 0.15) is 6.42 Å². The number of pyridine rings is 1. The topological polar surface area (TPSA) is 22.0 Å². The van der Waals surface area contributed by atoms with Gasteiger partial charge in [-0.05, 0) is 12.5 Å². The summed E-state index contributed by atoms with van der Waals surface area (Å²) in [7, 11) is 0. The maximum atomic E-state index is 11.0. The highest BCUT2D eigenvalue weighted by molar-refractivity contribution is 6.17. The molecular weight excluding hydrogens is 162 g/mol. The second kappa shape index (κ2) is 4.19. The van der Waals surface area contributed by atoms with Crippen molar-refractivity contribution >= 4 is 11.6 Å². The van der Waals surface area contributed by atoms with E-state index in [1.54, 1.807) is 22.9 Å². The van der Waals surface area contributed by atoms with Crippen molar-refractivity contribution in [3.63, 3.8) is 0 Å². The summed E-state index contributed by atoms with van der Waals surface area (Å²) in [6, 6.07) is 5.13. The van der Waals surface area contributed by atoms with Crippen LogP contribution in [0.15, 0.2) is 29.2 Å². The average molecular weight is 172 g/mol. The summed E-state index contributed by atoms with van der Waals surface area (Å²) in [4.78, 5) is 11.0. The average Bonchev–Trinajstić information content (AvgIpc) is 2.03. The fourth-order valence-corrected chi connectivity index (χ4v) is 0.995. The highest BCUT2D eigenvalue weighted by Gasteiger charge is 1.90. The maximum Gasteiger partial charge on any atom is 0.250 e. The van der Waals surface area contributed by atoms with E-state index in [9.17, 15) is 4.79 Å². The van der Waals surface area contributed by atoms with Crippen LogP contribution >= 0.6 is 11.6 Å². The summed E-state index contributed by atoms with van der Waals surface area (Å²) < 4.78 is 1.66. The molecule has 1 heterocycles. The molecule has 0 atom stereocenters. The first-order valence-electron chi connectivity index (χ1n) is 3.56. The van der Waals surface area contributed by atoms with E-state index in [2.05, 4.69) is 0 Å². The Labute approximate surface area is 70.4 Å². The monoisotopic (exact) mass is 171 g/mol. The summed E-state index contributed by atoms with van der Waals surface area (Å²) in [5, 5.41) is 0. The largest absolute Gasteiger partial charge is 0.315 e. The van der Waals surface area contributed by atoms with E-state index >= 15 is 0 Å². The van der Waals surface area contributed by atoms with Gasteiger partial charge >= 0.3 is 0 Å². The quantitative estimate of drug-likeness (QED) is 0.632. The van der Waals surface area contributed by atoms with Gasteiger partial charge in [-0.3, -0.25) is 4.79 Å². The molecule has 2 nitrogen and oxygen atoms in total. The number of aryl methyl sites for hydroxylation is 1. The van der Waals surface area contributed by atoms with Gasteiger partial charge in [-0.25, -0.2) is 0 Å². The van der Waals surface area contributed by atoms with E-state index in [1.165, 1.54) is 0 Å². The molecule has 0 bridgehead atoms. The molecule has 0 aromatic carbocycles. The third-order valence-corrected chi connectivity index (χ3v) is 1.70. The molecule has 0 spiro atoms. The third kappa shape index (κ3) is 2.39. The van der Waals surface area contributed by atoms with Gasteiger partial charge in [0.1, 0.15) is 0 Å². The van der Waals surface area contributed by atoms with Crippen LogP contribution in [0.5, 0.6) is 0 Å². The lowest BCUT2D eigenvalue weighted by atomic mass is 10.4. The molecule has 1 aromatic heterocycles. The molecule has 0 N–H and O–H groups in total. The normalized spacial score (nSPS) is 9.91. The zero-order valence-electron chi connectivity index (χ0n) is 6.16. The number of nitrogens with zero attached hydrogens (tertiary/aromatic N) is 1. The van der Waals surface area contributed by atoms with Crippen LogP contribution < -0.4 is 5.56 Å². The van der Waals surface area contributed by atoms with Crippen LogP contribution in [0, 0.1) is 0 Å². The summed E-state index contributed by atoms with van der Waals surface area (Å²) in [6.45, 7) is 0.711. The van der Waals surface area contributed by atoms with E-state index in [1.807, 2.05) is 6.07 Å². The molecule has 1 aromatic rings. The van der Waals surface area contributed by atoms with E-state index < -0.39 is 0 Å². The molecule has 0 unspecified atom stereocenters. The van der Waals surface area contributed by atoms with Gasteiger partial charge in [0.2, 0.25) is 5.56 Å². The molecule has 1 rings (SSSR count). The standard InChI is InChI=1S/C8H10ClNO/c9-5-3-7-10-6-2-1-4-8(10)11/h1-2,4,6H,3,5,7H2. The Morgan fingerprint density at radius 2 is 2.27 bits per heavy atom. The molecule has 3 heteroatoms. The number of aromatic nitrogens is 1. The van der Waals surface area contributed by atoms with Gasteiger partial charge in [0.05, 0.1) is 0 Å². The van der Waals surface area contributed by atoms with E-state index in [4.69, 9.17) is 11.6 Å². The Morgan fingerprint density at radius 3 is 2.91 bits per heavy atom. The van der Waals surface area contributed by atoms with Crippen molar-refractivity contribution < 1.29 is 0 Å². The first kappa shape index (κ1) is 8.34. The maximum absolute atomic E-state index is 11.0. The van der Waals surface area contributed by atoms with E-state index in [-0.39, 0.29) is 5.56 Å². The molecule has 11 heavy (non-hydrogen) atoms. The molecule has 0 aliphatic carbocycles. The number of hydrogen-bond acceptors (Lipinski definition) is 1. The van der Waals surface area contributed by atoms with Gasteiger partial charge < -0.3 is 4.57 Å². The van der Waals surface area contributed by atoms with Gasteiger partial charge in [-0.15, -0.1) is 11.6 Å². The predicted molar refractivity (Wildman–Crippen MR) is 46.0 cm³/mol. The van der Waals surface area contributed by atoms with Crippen LogP contribution in [0.2, 0.25) is 0 Å². The lowest BCUT2D eigenvalue weighted by Crippen LogP contribution is -2.17. The van der Waals surface area contributed by atoms with Crippen molar-refractivity contribution in [2.75, 3.05) is 5.88 Å². The first-order chi connectivity index (χ1) is 5.34. The lowest BCUT2D eigenvalue weighted by Gasteiger charge is -2.00. The lowest BCUT2D eigenvalue weighted by molar-refractivity contribution is 0.657. The summed E-state index contributed by atoms with van der Waals surface area (Å²) in [6.07, 6.45) is 2.61. The van der Waals surface area contributed by atoms with Crippen LogP contribution in [0.4, 0.5) is 0 Å². The smallest absolute Gasteiger partial charge is 0.250 e. The van der Waals surface area contributed by atoms with Crippen molar-refractivity contribution in [1.29, 1.82) is 0 Å². The van der Waals surface area contributed by atoms with Crippen molar-refractivity contribution in [2.24, 2.45) is 0 Å². The Hall–Kier alpha value is -0.760. The predicted octanol–water partition coefficient (Wildman–Crippen LogP) is 1.48. The molecule has 0 radical (unpaired) electrons. The molecule has 0 fully saturated rings. The molecular formula is C8H10ClNO. The van der Waals surface area contributed by atoms with Crippen LogP contribution in [0.25, 0.3) is 0 Å². The first-order valence-corrected chi connectivity index (χ1v) is 4.09. The minimum atomic E-state index is 0.0395. The fourth-order valence-electron chi connectivity index (χ4n) is 0.875. The van der Waals surface area contributed by atoms with Gasteiger partial charge in [0.15, 0.2) is 0 Å². The van der Waals surface area contributed by atoms with Gasteiger partial charge in [0.25, 0.3) is 0 Å². The van der Waals surface area contributed by atoms with Gasteiger partial charge in [-0.2, -0.15) is 0 Å². The summed E-state index contributed by atoms with van der Waals surface area (Å²) >= 11 is 5.49. The second-order valence-electron chi connectivity index (χ2n) is 2.27. The van der Waals surface area contributed by atoms with Crippen molar-refractivity contribution in [1.82, 2.24) is 4.57 Å². The number of halogens is 1. The zero-order valence-corrected chi connectivity index (χ0v) is 6.92. The SMILES string of the molecule is O=c1ccccn1CCCCl. The molecule has 0 saturated heterocycles. The van der Waals surface area contributed by atoms with Crippen molar-refractivity contribution in [2.45, 2.75) is 13.0 Å². The second-order valence-corrected chi connectivity index (χ2v) is 2.65. The fraction of sp³-hybridized carbons (Fsp3) is 0.375. The van der Waals surface area contributed by atoms with E-state index in [0.29, 0.717) is 12.4 Å². The number of alkyl halides is 1. The zero-order chi connectivity index (χ0) is 8.10. The van der Waals surface area contributed by atoms with Crippen molar-refractivity contribution in [3.8, 4) is 0 Å². The van der Waals surface area contributed by atoms with Crippen LogP contribution in [-0.2, 0) is 6.54 Å². The third-order valence-electron chi connectivity index (χ3n) is 1.43. The number of rotatable bonds is 3. The molecule has 60 valence electrons. The van der Waals surface area contributed by atoms with Gasteiger partial charge in [0, 0.05) is 24.7 Å². The minimum absolute atomic E-state index is 0.0395. The molecule has 0 saturated carbocycles. The Kier molecular flexibility index (Phi) is 3.17. The molecule has 0 amide bonds. The summed E-state index contributed by atoms with van der Waals surface area (Å²) in [5.74, 6) is 0.599. The van der Waals surface area contributed by atoms with Crippen LogP contribution in [-0.4, -0.2) is 10.4 Å². The van der Waals surface area contributed by atoms with E-state index in [0.717, 1.165) is 6.42 Å². The minimum Gasteiger partial charge on any atom is -0.315 e. The molecule has 0 aliphatic rings. The van der Waals surface area contributed by atoms with Crippen molar-refractivity contribution in [3.05, 3.63) is 34.7 Å². The van der Waals surface area contributed by atoms with Gasteiger partial charge in [-0.1, -0.05) is 6.07 Å². The Morgan fingerprint density at radius 1 is 1.45 bits per heavy atom. The molecule has 0 aliphatic heterocycles. The number of hydrogen-bond donors (Lipinski definition) is 0. The van der Waals surface area contributed by atoms with Crippen LogP contribution in [0.3, 0.4) is 0 Å². The summed E-state index contributed by atoms with van der Waals surface area (Å²) in [5.41, 5.74) is 0.0395.